The monoisotopic (exact) mass is 326 g/mol. The van der Waals surface area contributed by atoms with Gasteiger partial charge in [0.1, 0.15) is 0 Å². The molecule has 0 radical (unpaired) electrons. The number of carbonyl (C=O) groups is 1. The molecule has 18 heavy (non-hydrogen) atoms. The number of halogens is 2. The first-order chi connectivity index (χ1) is 8.25. The summed E-state index contributed by atoms with van der Waals surface area (Å²) in [6.07, 6.45) is -3.54. The van der Waals surface area contributed by atoms with E-state index in [0.29, 0.717) is 5.02 Å². The minimum absolute atomic E-state index is 0.639. The Morgan fingerprint density at radius 3 is 2.33 bits per heavy atom. The Kier molecular flexibility index (Phi) is 5.62. The van der Waals surface area contributed by atoms with Gasteiger partial charge in [-0.1, -0.05) is 35.5 Å². The highest BCUT2D eigenvalue weighted by molar-refractivity contribution is 8.21. The fourth-order valence-electron chi connectivity index (χ4n) is 1.16. The van der Waals surface area contributed by atoms with Crippen LogP contribution in [0, 0.1) is 0 Å². The Morgan fingerprint density at radius 1 is 1.39 bits per heavy atom. The summed E-state index contributed by atoms with van der Waals surface area (Å²) in [4.78, 5) is 10.6. The topological polar surface area (TPSA) is 23.6 Å². The van der Waals surface area contributed by atoms with Crippen molar-refractivity contribution in [1.29, 1.82) is 0 Å². The third-order valence-corrected chi connectivity index (χ3v) is 8.42. The van der Waals surface area contributed by atoms with Crippen molar-refractivity contribution in [1.82, 2.24) is 8.38 Å². The molecule has 1 unspecified atom stereocenters. The van der Waals surface area contributed by atoms with Gasteiger partial charge >= 0.3 is 6.16 Å². The third-order valence-electron chi connectivity index (χ3n) is 2.33. The van der Waals surface area contributed by atoms with Crippen LogP contribution in [0.3, 0.4) is 0 Å². The van der Waals surface area contributed by atoms with E-state index in [2.05, 4.69) is 0 Å². The molecule has 0 saturated carbocycles. The van der Waals surface area contributed by atoms with Crippen LogP contribution in [-0.4, -0.2) is 35.3 Å². The van der Waals surface area contributed by atoms with Crippen molar-refractivity contribution in [2.75, 3.05) is 20.8 Å². The largest absolute Gasteiger partial charge is 0.410 e. The summed E-state index contributed by atoms with van der Waals surface area (Å²) < 4.78 is 15.1. The summed E-state index contributed by atoms with van der Waals surface area (Å²) in [5.41, 5.74) is 0. The molecule has 0 fully saturated rings. The molecule has 0 N–H and O–H groups in total. The molecule has 1 rings (SSSR count). The van der Waals surface area contributed by atoms with Gasteiger partial charge in [0.25, 0.3) is 0 Å². The second-order valence-corrected chi connectivity index (χ2v) is 10.6. The summed E-state index contributed by atoms with van der Waals surface area (Å²) in [6, 6.07) is 7.25. The predicted octanol–water partition coefficient (Wildman–Crippen LogP) is 3.51. The zero-order valence-corrected chi connectivity index (χ0v) is 13.4. The maximum Gasteiger partial charge on any atom is 0.410 e. The molecular formula is C10H13ClFN2OPS2. The molecule has 0 aliphatic rings. The first-order valence-corrected chi connectivity index (χ1v) is 9.25. The molecule has 0 bridgehead atoms. The summed E-state index contributed by atoms with van der Waals surface area (Å²) in [7, 11) is 3.11. The fourth-order valence-corrected chi connectivity index (χ4v) is 4.53. The third kappa shape index (κ3) is 3.93. The van der Waals surface area contributed by atoms with Gasteiger partial charge in [-0.15, -0.1) is 4.39 Å². The lowest BCUT2D eigenvalue weighted by Gasteiger charge is -2.29. The lowest BCUT2D eigenvalue weighted by Crippen LogP contribution is -2.23. The second kappa shape index (κ2) is 6.35. The van der Waals surface area contributed by atoms with Gasteiger partial charge in [-0.05, 0) is 24.1 Å². The number of nitrogens with zero attached hydrogens (tertiary/aromatic N) is 2. The number of carbonyl (C=O) groups excluding carboxylic acids is 1. The van der Waals surface area contributed by atoms with Gasteiger partial charge in [0.2, 0.25) is 0 Å². The van der Waals surface area contributed by atoms with Crippen molar-refractivity contribution in [3.8, 4) is 0 Å². The summed E-state index contributed by atoms with van der Waals surface area (Å²) in [5, 5.41) is 1.59. The SMILES string of the molecule is CN(SN(C)P(C)(=S)c1ccc(Cl)cc1)C(=O)F. The van der Waals surface area contributed by atoms with E-state index in [9.17, 15) is 9.18 Å². The van der Waals surface area contributed by atoms with Gasteiger partial charge in [-0.25, -0.2) is 13.2 Å². The Labute approximate surface area is 121 Å². The Hall–Kier alpha value is -0.130. The normalized spacial score (nSPS) is 14.3. The summed E-state index contributed by atoms with van der Waals surface area (Å²) in [5.74, 6) is 0. The smallest absolute Gasteiger partial charge is 0.247 e. The highest BCUT2D eigenvalue weighted by atomic mass is 35.5. The molecule has 1 aromatic carbocycles. The average molecular weight is 327 g/mol. The highest BCUT2D eigenvalue weighted by Crippen LogP contribution is 2.48. The van der Waals surface area contributed by atoms with E-state index in [1.807, 2.05) is 18.8 Å². The van der Waals surface area contributed by atoms with Crippen LogP contribution in [0.5, 0.6) is 0 Å². The number of benzene rings is 1. The van der Waals surface area contributed by atoms with Crippen molar-refractivity contribution in [2.45, 2.75) is 0 Å². The second-order valence-electron chi connectivity index (χ2n) is 3.65. The van der Waals surface area contributed by atoms with Gasteiger partial charge in [-0.2, -0.15) is 0 Å². The molecule has 0 saturated heterocycles. The van der Waals surface area contributed by atoms with Crippen LogP contribution in [0.2, 0.25) is 5.02 Å². The molecule has 0 aliphatic heterocycles. The van der Waals surface area contributed by atoms with Gasteiger partial charge < -0.3 is 0 Å². The molecule has 100 valence electrons. The highest BCUT2D eigenvalue weighted by Gasteiger charge is 2.23. The van der Waals surface area contributed by atoms with Crippen molar-refractivity contribution in [2.24, 2.45) is 0 Å². The van der Waals surface area contributed by atoms with Crippen LogP contribution < -0.4 is 5.30 Å². The number of rotatable bonds is 4. The zero-order valence-electron chi connectivity index (χ0n) is 10.1. The van der Waals surface area contributed by atoms with E-state index in [0.717, 1.165) is 21.7 Å². The fraction of sp³-hybridized carbons (Fsp3) is 0.300. The molecule has 0 aromatic heterocycles. The molecule has 1 aromatic rings. The molecular weight excluding hydrogens is 314 g/mol. The molecule has 8 heteroatoms. The Morgan fingerprint density at radius 2 is 1.89 bits per heavy atom. The van der Waals surface area contributed by atoms with Crippen LogP contribution in [0.1, 0.15) is 0 Å². The van der Waals surface area contributed by atoms with Crippen molar-refractivity contribution >= 4 is 53.2 Å². The van der Waals surface area contributed by atoms with Crippen LogP contribution in [0.25, 0.3) is 0 Å². The molecule has 1 amide bonds. The van der Waals surface area contributed by atoms with E-state index < -0.39 is 12.3 Å². The minimum Gasteiger partial charge on any atom is -0.247 e. The van der Waals surface area contributed by atoms with Gasteiger partial charge in [0, 0.05) is 31.3 Å². The lowest BCUT2D eigenvalue weighted by molar-refractivity contribution is 0.209. The van der Waals surface area contributed by atoms with Crippen LogP contribution in [-0.2, 0) is 11.8 Å². The van der Waals surface area contributed by atoms with Crippen LogP contribution in [0.15, 0.2) is 24.3 Å². The van der Waals surface area contributed by atoms with E-state index in [1.54, 1.807) is 23.3 Å². The van der Waals surface area contributed by atoms with Gasteiger partial charge in [0.05, 0.1) is 6.19 Å². The average Bonchev–Trinajstić information content (AvgIpc) is 2.29. The van der Waals surface area contributed by atoms with Gasteiger partial charge in [-0.3, -0.25) is 0 Å². The zero-order chi connectivity index (χ0) is 13.9. The molecule has 0 aliphatic carbocycles. The van der Waals surface area contributed by atoms with Crippen LogP contribution >= 0.6 is 29.9 Å². The van der Waals surface area contributed by atoms with Gasteiger partial charge in [0.15, 0.2) is 0 Å². The van der Waals surface area contributed by atoms with E-state index in [1.165, 1.54) is 7.05 Å². The quantitative estimate of drug-likeness (QED) is 0.366. The lowest BCUT2D eigenvalue weighted by atomic mass is 10.4. The van der Waals surface area contributed by atoms with Crippen molar-refractivity contribution in [3.63, 3.8) is 0 Å². The van der Waals surface area contributed by atoms with E-state index in [-0.39, 0.29) is 0 Å². The molecule has 0 heterocycles. The van der Waals surface area contributed by atoms with E-state index in [4.69, 9.17) is 23.4 Å². The standard InChI is InChI=1S/C10H13ClFN2OPS2/c1-13(10(12)15)18-14(2)16(3,17)9-6-4-8(11)5-7-9/h4-7H,1-3H3. The first-order valence-electron chi connectivity index (χ1n) is 4.94. The van der Waals surface area contributed by atoms with Crippen molar-refractivity contribution < 1.29 is 9.18 Å². The first kappa shape index (κ1) is 15.9. The Bertz CT molecular complexity index is 485. The van der Waals surface area contributed by atoms with Crippen molar-refractivity contribution in [3.05, 3.63) is 29.3 Å². The summed E-state index contributed by atoms with van der Waals surface area (Å²) >= 11 is 12.4. The summed E-state index contributed by atoms with van der Waals surface area (Å²) in [6.45, 7) is 1.91. The predicted molar refractivity (Wildman–Crippen MR) is 80.9 cm³/mol. The maximum absolute atomic E-state index is 12.5. The molecule has 1 atom stereocenters. The van der Waals surface area contributed by atoms with Crippen LogP contribution in [0.4, 0.5) is 9.18 Å². The Balaban J connectivity index is 2.89. The number of hydrogen-bond acceptors (Lipinski definition) is 3. The maximum atomic E-state index is 12.5. The van der Waals surface area contributed by atoms with E-state index >= 15 is 0 Å². The number of hydrogen-bond donors (Lipinski definition) is 0. The molecule has 3 nitrogen and oxygen atoms in total. The molecule has 0 spiro atoms. The minimum atomic E-state index is -2.04. The number of amides is 1.